The number of hydrogen-bond acceptors (Lipinski definition) is 5. The second kappa shape index (κ2) is 6.99. The van der Waals surface area contributed by atoms with Crippen molar-refractivity contribution in [3.63, 3.8) is 0 Å². The number of rotatable bonds is 4. The predicted octanol–water partition coefficient (Wildman–Crippen LogP) is 2.38. The molecule has 0 saturated carbocycles. The van der Waals surface area contributed by atoms with E-state index in [1.165, 1.54) is 15.6 Å². The van der Waals surface area contributed by atoms with Crippen LogP contribution >= 0.6 is 0 Å². The molecule has 140 valence electrons. The van der Waals surface area contributed by atoms with E-state index >= 15 is 0 Å². The number of hydrogen-bond donors (Lipinski definition) is 1. The molecule has 0 aliphatic rings. The minimum absolute atomic E-state index is 0.0763. The summed E-state index contributed by atoms with van der Waals surface area (Å²) in [6.45, 7) is 0. The maximum atomic E-state index is 12.9. The van der Waals surface area contributed by atoms with Gasteiger partial charge in [-0.15, -0.1) is 0 Å². The lowest BCUT2D eigenvalue weighted by molar-refractivity contribution is 0.102. The van der Waals surface area contributed by atoms with Gasteiger partial charge in [0, 0.05) is 12.7 Å². The predicted molar refractivity (Wildman–Crippen MR) is 105 cm³/mol. The summed E-state index contributed by atoms with van der Waals surface area (Å²) in [4.78, 5) is 29.8. The largest absolute Gasteiger partial charge is 0.497 e. The molecule has 0 spiro atoms. The third-order valence-electron chi connectivity index (χ3n) is 4.31. The number of nitrogens with one attached hydrogen (secondary N) is 1. The van der Waals surface area contributed by atoms with Gasteiger partial charge in [-0.1, -0.05) is 18.2 Å². The van der Waals surface area contributed by atoms with E-state index in [1.54, 1.807) is 38.4 Å². The van der Waals surface area contributed by atoms with E-state index < -0.39 is 5.91 Å². The van der Waals surface area contributed by atoms with Crippen LogP contribution in [0.2, 0.25) is 0 Å². The molecular weight excluding hydrogens is 358 g/mol. The third kappa shape index (κ3) is 3.01. The van der Waals surface area contributed by atoms with Crippen molar-refractivity contribution in [2.75, 3.05) is 12.4 Å². The molecule has 0 radical (unpaired) electrons. The van der Waals surface area contributed by atoms with Crippen LogP contribution in [0.25, 0.3) is 16.7 Å². The number of para-hydroxylation sites is 1. The van der Waals surface area contributed by atoms with Crippen LogP contribution in [0.15, 0.2) is 65.7 Å². The van der Waals surface area contributed by atoms with Gasteiger partial charge in [0.1, 0.15) is 11.3 Å². The van der Waals surface area contributed by atoms with Crippen LogP contribution in [0.5, 0.6) is 5.75 Å². The molecule has 0 atom stereocenters. The van der Waals surface area contributed by atoms with Gasteiger partial charge >= 0.3 is 0 Å². The van der Waals surface area contributed by atoms with Crippen LogP contribution in [-0.4, -0.2) is 32.3 Å². The number of nitrogens with zero attached hydrogens (tertiary/aromatic N) is 4. The highest BCUT2D eigenvalue weighted by molar-refractivity contribution is 6.10. The van der Waals surface area contributed by atoms with Crippen molar-refractivity contribution < 1.29 is 9.53 Å². The normalized spacial score (nSPS) is 10.8. The highest BCUT2D eigenvalue weighted by Crippen LogP contribution is 2.20. The van der Waals surface area contributed by atoms with Crippen LogP contribution in [0.1, 0.15) is 10.5 Å². The molecule has 4 rings (SSSR count). The van der Waals surface area contributed by atoms with Crippen molar-refractivity contribution in [2.24, 2.45) is 7.05 Å². The van der Waals surface area contributed by atoms with Gasteiger partial charge < -0.3 is 14.6 Å². The van der Waals surface area contributed by atoms with Crippen LogP contribution in [0.4, 0.5) is 5.69 Å². The van der Waals surface area contributed by atoms with Gasteiger partial charge in [-0.05, 0) is 36.4 Å². The quantitative estimate of drug-likeness (QED) is 0.591. The lowest BCUT2D eigenvalue weighted by atomic mass is 10.2. The third-order valence-corrected chi connectivity index (χ3v) is 4.31. The smallest absolute Gasteiger partial charge is 0.279 e. The molecule has 0 bridgehead atoms. The molecule has 2 heterocycles. The van der Waals surface area contributed by atoms with Gasteiger partial charge in [-0.25, -0.2) is 9.67 Å². The molecule has 0 unspecified atom stereocenters. The minimum atomic E-state index is -0.453. The molecule has 0 fully saturated rings. The summed E-state index contributed by atoms with van der Waals surface area (Å²) >= 11 is 0. The lowest BCUT2D eigenvalue weighted by Crippen LogP contribution is -2.19. The Morgan fingerprint density at radius 2 is 1.79 bits per heavy atom. The van der Waals surface area contributed by atoms with Crippen LogP contribution in [0, 0.1) is 0 Å². The molecule has 1 N–H and O–H groups in total. The molecule has 0 aliphatic carbocycles. The highest BCUT2D eigenvalue weighted by atomic mass is 16.5. The lowest BCUT2D eigenvalue weighted by Gasteiger charge is -2.05. The number of aromatic nitrogens is 4. The van der Waals surface area contributed by atoms with Gasteiger partial charge in [0.2, 0.25) is 0 Å². The van der Waals surface area contributed by atoms with E-state index in [0.717, 1.165) is 0 Å². The zero-order chi connectivity index (χ0) is 19.7. The second-order valence-electron chi connectivity index (χ2n) is 6.14. The fourth-order valence-electron chi connectivity index (χ4n) is 2.86. The first-order valence-electron chi connectivity index (χ1n) is 8.53. The summed E-state index contributed by atoms with van der Waals surface area (Å²) in [5, 5.41) is 7.18. The average Bonchev–Trinajstić information content (AvgIpc) is 3.12. The maximum Gasteiger partial charge on any atom is 0.279 e. The first-order valence-corrected chi connectivity index (χ1v) is 8.53. The second-order valence-corrected chi connectivity index (χ2v) is 6.14. The number of carbonyl (C=O) groups is 1. The molecule has 4 aromatic rings. The Kier molecular flexibility index (Phi) is 4.36. The van der Waals surface area contributed by atoms with E-state index in [4.69, 9.17) is 4.74 Å². The number of aryl methyl sites for hydroxylation is 1. The Balaban J connectivity index is 1.81. The Morgan fingerprint density at radius 3 is 2.46 bits per heavy atom. The van der Waals surface area contributed by atoms with Crippen LogP contribution in [0.3, 0.4) is 0 Å². The standard InChI is InChI=1S/C20H17N5O3/c1-24-12-21-16-17(19(26)22-13-8-10-15(28-2)11-9-13)23-25(18(16)20(24)27)14-6-4-3-5-7-14/h3-12H,1-2H3,(H,22,26). The molecule has 0 aliphatic heterocycles. The average molecular weight is 375 g/mol. The number of fused-ring (bicyclic) bond motifs is 1. The molecule has 2 aromatic heterocycles. The first kappa shape index (κ1) is 17.5. The first-order chi connectivity index (χ1) is 13.6. The van der Waals surface area contributed by atoms with Gasteiger partial charge in [-0.2, -0.15) is 5.10 Å². The fraction of sp³-hybridized carbons (Fsp3) is 0.100. The van der Waals surface area contributed by atoms with Gasteiger partial charge in [0.05, 0.1) is 19.1 Å². The topological polar surface area (TPSA) is 91.0 Å². The Bertz CT molecular complexity index is 1210. The zero-order valence-electron chi connectivity index (χ0n) is 15.3. The van der Waals surface area contributed by atoms with Gasteiger partial charge in [0.15, 0.2) is 11.2 Å². The Hall–Kier alpha value is -3.94. The molecule has 1 amide bonds. The minimum Gasteiger partial charge on any atom is -0.497 e. The van der Waals surface area contributed by atoms with E-state index in [2.05, 4.69) is 15.4 Å². The van der Waals surface area contributed by atoms with E-state index in [0.29, 0.717) is 17.1 Å². The van der Waals surface area contributed by atoms with Crippen molar-refractivity contribution >= 4 is 22.6 Å². The van der Waals surface area contributed by atoms with Crippen molar-refractivity contribution in [2.45, 2.75) is 0 Å². The highest BCUT2D eigenvalue weighted by Gasteiger charge is 2.22. The number of benzene rings is 2. The number of methoxy groups -OCH3 is 1. The maximum absolute atomic E-state index is 12.9. The molecule has 0 saturated heterocycles. The van der Waals surface area contributed by atoms with Gasteiger partial charge in [0.25, 0.3) is 11.5 Å². The summed E-state index contributed by atoms with van der Waals surface area (Å²) in [7, 11) is 3.18. The molecule has 2 aromatic carbocycles. The Morgan fingerprint density at radius 1 is 1.07 bits per heavy atom. The van der Waals surface area contributed by atoms with Crippen molar-refractivity contribution in [3.05, 3.63) is 77.0 Å². The summed E-state index contributed by atoms with van der Waals surface area (Å²) in [5.74, 6) is 0.229. The monoisotopic (exact) mass is 375 g/mol. The Labute approximate surface area is 160 Å². The number of carbonyl (C=O) groups excluding carboxylic acids is 1. The van der Waals surface area contributed by atoms with Crippen LogP contribution in [-0.2, 0) is 7.05 Å². The fourth-order valence-corrected chi connectivity index (χ4v) is 2.86. The van der Waals surface area contributed by atoms with Crippen molar-refractivity contribution in [1.82, 2.24) is 19.3 Å². The summed E-state index contributed by atoms with van der Waals surface area (Å²) in [6, 6.07) is 16.1. The van der Waals surface area contributed by atoms with E-state index in [1.807, 2.05) is 30.3 Å². The summed E-state index contributed by atoms with van der Waals surface area (Å²) in [5.41, 5.74) is 1.53. The van der Waals surface area contributed by atoms with Crippen molar-refractivity contribution in [1.29, 1.82) is 0 Å². The number of anilines is 1. The zero-order valence-corrected chi connectivity index (χ0v) is 15.3. The SMILES string of the molecule is COc1ccc(NC(=O)c2nn(-c3ccccc3)c3c(=O)n(C)cnc23)cc1. The molecule has 8 heteroatoms. The molecule has 28 heavy (non-hydrogen) atoms. The van der Waals surface area contributed by atoms with E-state index in [-0.39, 0.29) is 22.3 Å². The summed E-state index contributed by atoms with van der Waals surface area (Å²) < 4.78 is 7.93. The molecule has 8 nitrogen and oxygen atoms in total. The summed E-state index contributed by atoms with van der Waals surface area (Å²) in [6.07, 6.45) is 1.38. The van der Waals surface area contributed by atoms with Gasteiger partial charge in [-0.3, -0.25) is 9.59 Å². The number of amides is 1. The van der Waals surface area contributed by atoms with Crippen LogP contribution < -0.4 is 15.6 Å². The van der Waals surface area contributed by atoms with E-state index in [9.17, 15) is 9.59 Å². The molecular formula is C20H17N5O3. The number of ether oxygens (including phenoxy) is 1. The van der Waals surface area contributed by atoms with Crippen molar-refractivity contribution in [3.8, 4) is 11.4 Å².